The van der Waals surface area contributed by atoms with E-state index in [0.717, 1.165) is 30.8 Å². The average molecular weight is 311 g/mol. The smallest absolute Gasteiger partial charge is 0.272 e. The van der Waals surface area contributed by atoms with Gasteiger partial charge in [0, 0.05) is 31.2 Å². The summed E-state index contributed by atoms with van der Waals surface area (Å²) in [6.07, 6.45) is 3.74. The minimum absolute atomic E-state index is 0.0396. The van der Waals surface area contributed by atoms with E-state index in [9.17, 15) is 4.79 Å². The van der Waals surface area contributed by atoms with E-state index < -0.39 is 0 Å². The Bertz CT molecular complexity index is 682. The Morgan fingerprint density at radius 1 is 1.13 bits per heavy atom. The first-order chi connectivity index (χ1) is 11.0. The molecule has 0 atom stereocenters. The first-order valence-electron chi connectivity index (χ1n) is 8.07. The number of nitrogens with zero attached hydrogens (tertiary/aromatic N) is 2. The fourth-order valence-electron chi connectivity index (χ4n) is 2.30. The van der Waals surface area contributed by atoms with Crippen molar-refractivity contribution in [1.29, 1.82) is 0 Å². The van der Waals surface area contributed by atoms with Crippen LogP contribution in [0.1, 0.15) is 41.4 Å². The summed E-state index contributed by atoms with van der Waals surface area (Å²) in [5.74, 6) is -0.0396. The van der Waals surface area contributed by atoms with Crippen molar-refractivity contribution in [3.05, 3.63) is 53.3 Å². The van der Waals surface area contributed by atoms with E-state index in [-0.39, 0.29) is 5.91 Å². The number of aryl methyl sites for hydroxylation is 2. The van der Waals surface area contributed by atoms with E-state index >= 15 is 0 Å². The van der Waals surface area contributed by atoms with Crippen molar-refractivity contribution in [2.75, 3.05) is 18.9 Å². The number of rotatable bonds is 6. The van der Waals surface area contributed by atoms with Crippen LogP contribution < -0.4 is 5.32 Å². The summed E-state index contributed by atoms with van der Waals surface area (Å²) >= 11 is 0. The number of amides is 1. The zero-order chi connectivity index (χ0) is 16.8. The van der Waals surface area contributed by atoms with E-state index in [1.54, 1.807) is 17.2 Å². The van der Waals surface area contributed by atoms with Gasteiger partial charge in [0.15, 0.2) is 0 Å². The number of carbonyl (C=O) groups excluding carboxylic acids is 1. The molecular formula is C19H25N3O. The molecule has 4 heteroatoms. The number of aromatic nitrogens is 1. The van der Waals surface area contributed by atoms with Gasteiger partial charge in [0.2, 0.25) is 0 Å². The lowest BCUT2D eigenvalue weighted by Crippen LogP contribution is -2.28. The molecule has 0 saturated heterocycles. The summed E-state index contributed by atoms with van der Waals surface area (Å²) < 4.78 is 0. The maximum absolute atomic E-state index is 12.4. The van der Waals surface area contributed by atoms with Crippen LogP contribution in [0.2, 0.25) is 0 Å². The molecule has 0 fully saturated rings. The van der Waals surface area contributed by atoms with Gasteiger partial charge < -0.3 is 10.2 Å². The van der Waals surface area contributed by atoms with Crippen LogP contribution in [0.4, 0.5) is 11.4 Å². The molecule has 0 aliphatic heterocycles. The summed E-state index contributed by atoms with van der Waals surface area (Å²) in [4.78, 5) is 18.3. The quantitative estimate of drug-likeness (QED) is 0.864. The molecule has 1 aromatic carbocycles. The van der Waals surface area contributed by atoms with E-state index in [1.165, 1.54) is 11.1 Å². The molecule has 23 heavy (non-hydrogen) atoms. The van der Waals surface area contributed by atoms with E-state index in [2.05, 4.69) is 43.2 Å². The standard InChI is InChI=1S/C19H25N3O/c1-5-6-11-22(4)19(23)18-13-17(9-10-20-18)21-16-8-7-14(2)15(3)12-16/h7-10,12-13H,5-6,11H2,1-4H3,(H,20,21). The van der Waals surface area contributed by atoms with Crippen molar-refractivity contribution < 1.29 is 4.79 Å². The molecular weight excluding hydrogens is 286 g/mol. The molecule has 0 unspecified atom stereocenters. The molecule has 1 N–H and O–H groups in total. The SMILES string of the molecule is CCCCN(C)C(=O)c1cc(Nc2ccc(C)c(C)c2)ccn1. The Hall–Kier alpha value is -2.36. The molecule has 1 aromatic heterocycles. The fourth-order valence-corrected chi connectivity index (χ4v) is 2.30. The second-order valence-corrected chi connectivity index (χ2v) is 5.93. The van der Waals surface area contributed by atoms with Crippen molar-refractivity contribution >= 4 is 17.3 Å². The Kier molecular flexibility index (Phi) is 5.74. The van der Waals surface area contributed by atoms with Gasteiger partial charge in [-0.25, -0.2) is 0 Å². The number of nitrogens with one attached hydrogen (secondary N) is 1. The number of hydrogen-bond donors (Lipinski definition) is 1. The highest BCUT2D eigenvalue weighted by atomic mass is 16.2. The summed E-state index contributed by atoms with van der Waals surface area (Å²) in [6.45, 7) is 7.05. The predicted molar refractivity (Wildman–Crippen MR) is 95.3 cm³/mol. The minimum atomic E-state index is -0.0396. The van der Waals surface area contributed by atoms with Gasteiger partial charge in [-0.1, -0.05) is 19.4 Å². The summed E-state index contributed by atoms with van der Waals surface area (Å²) in [5.41, 5.74) is 4.85. The number of benzene rings is 1. The lowest BCUT2D eigenvalue weighted by atomic mass is 10.1. The molecule has 0 saturated carbocycles. The van der Waals surface area contributed by atoms with Gasteiger partial charge in [-0.2, -0.15) is 0 Å². The van der Waals surface area contributed by atoms with E-state index in [0.29, 0.717) is 5.69 Å². The van der Waals surface area contributed by atoms with Gasteiger partial charge in [-0.15, -0.1) is 0 Å². The van der Waals surface area contributed by atoms with Crippen LogP contribution in [0, 0.1) is 13.8 Å². The predicted octanol–water partition coefficient (Wildman–Crippen LogP) is 4.31. The number of hydrogen-bond acceptors (Lipinski definition) is 3. The van der Waals surface area contributed by atoms with Crippen LogP contribution in [0.15, 0.2) is 36.5 Å². The van der Waals surface area contributed by atoms with Crippen LogP contribution in [0.25, 0.3) is 0 Å². The normalized spacial score (nSPS) is 10.4. The molecule has 1 heterocycles. The van der Waals surface area contributed by atoms with Gasteiger partial charge in [-0.3, -0.25) is 9.78 Å². The first-order valence-corrected chi connectivity index (χ1v) is 8.07. The van der Waals surface area contributed by atoms with Crippen molar-refractivity contribution in [1.82, 2.24) is 9.88 Å². The number of carbonyl (C=O) groups is 1. The summed E-state index contributed by atoms with van der Waals surface area (Å²) in [7, 11) is 1.82. The third kappa shape index (κ3) is 4.55. The Morgan fingerprint density at radius 2 is 1.87 bits per heavy atom. The average Bonchev–Trinajstić information content (AvgIpc) is 2.55. The second kappa shape index (κ2) is 7.77. The van der Waals surface area contributed by atoms with Crippen LogP contribution in [0.5, 0.6) is 0 Å². The highest BCUT2D eigenvalue weighted by Crippen LogP contribution is 2.20. The Balaban J connectivity index is 2.13. The molecule has 122 valence electrons. The topological polar surface area (TPSA) is 45.2 Å². The van der Waals surface area contributed by atoms with Crippen LogP contribution in [0.3, 0.4) is 0 Å². The molecule has 0 bridgehead atoms. The molecule has 2 aromatic rings. The zero-order valence-corrected chi connectivity index (χ0v) is 14.4. The molecule has 1 amide bonds. The fraction of sp³-hybridized carbons (Fsp3) is 0.368. The highest BCUT2D eigenvalue weighted by Gasteiger charge is 2.13. The third-order valence-corrected chi connectivity index (χ3v) is 3.97. The first kappa shape index (κ1) is 17.0. The van der Waals surface area contributed by atoms with E-state index in [1.807, 2.05) is 19.2 Å². The minimum Gasteiger partial charge on any atom is -0.355 e. The highest BCUT2D eigenvalue weighted by molar-refractivity contribution is 5.93. The van der Waals surface area contributed by atoms with Crippen LogP contribution >= 0.6 is 0 Å². The van der Waals surface area contributed by atoms with Gasteiger partial charge in [-0.05, 0) is 55.7 Å². The van der Waals surface area contributed by atoms with Crippen molar-refractivity contribution in [2.24, 2.45) is 0 Å². The van der Waals surface area contributed by atoms with Gasteiger partial charge in [0.1, 0.15) is 5.69 Å². The van der Waals surface area contributed by atoms with Crippen molar-refractivity contribution in [2.45, 2.75) is 33.6 Å². The Morgan fingerprint density at radius 3 is 2.57 bits per heavy atom. The van der Waals surface area contributed by atoms with Crippen LogP contribution in [-0.2, 0) is 0 Å². The van der Waals surface area contributed by atoms with Gasteiger partial charge >= 0.3 is 0 Å². The molecule has 4 nitrogen and oxygen atoms in total. The van der Waals surface area contributed by atoms with Gasteiger partial charge in [0.05, 0.1) is 0 Å². The number of pyridine rings is 1. The molecule has 0 spiro atoms. The monoisotopic (exact) mass is 311 g/mol. The van der Waals surface area contributed by atoms with E-state index in [4.69, 9.17) is 0 Å². The maximum Gasteiger partial charge on any atom is 0.272 e. The van der Waals surface area contributed by atoms with Crippen molar-refractivity contribution in [3.63, 3.8) is 0 Å². The zero-order valence-electron chi connectivity index (χ0n) is 14.4. The van der Waals surface area contributed by atoms with Crippen molar-refractivity contribution in [3.8, 4) is 0 Å². The number of unbranched alkanes of at least 4 members (excludes halogenated alkanes) is 1. The molecule has 0 aliphatic rings. The summed E-state index contributed by atoms with van der Waals surface area (Å²) in [6, 6.07) is 9.91. The maximum atomic E-state index is 12.4. The van der Waals surface area contributed by atoms with Crippen LogP contribution in [-0.4, -0.2) is 29.4 Å². The number of anilines is 2. The third-order valence-electron chi connectivity index (χ3n) is 3.97. The molecule has 0 aliphatic carbocycles. The Labute approximate surface area is 138 Å². The second-order valence-electron chi connectivity index (χ2n) is 5.93. The summed E-state index contributed by atoms with van der Waals surface area (Å²) in [5, 5.41) is 3.34. The lowest BCUT2D eigenvalue weighted by Gasteiger charge is -2.16. The molecule has 2 rings (SSSR count). The molecule has 0 radical (unpaired) electrons. The largest absolute Gasteiger partial charge is 0.355 e. The van der Waals surface area contributed by atoms with Gasteiger partial charge in [0.25, 0.3) is 5.91 Å². The lowest BCUT2D eigenvalue weighted by molar-refractivity contribution is 0.0787.